The maximum absolute atomic E-state index is 11.1. The zero-order valence-corrected chi connectivity index (χ0v) is 10.0. The number of carbonyl (C=O) groups is 1. The fourth-order valence-corrected chi connectivity index (χ4v) is 1.78. The highest BCUT2D eigenvalue weighted by atomic mass is 16.5. The lowest BCUT2D eigenvalue weighted by Crippen LogP contribution is -2.12. The van der Waals surface area contributed by atoms with Gasteiger partial charge in [-0.05, 0) is 13.0 Å². The lowest BCUT2D eigenvalue weighted by Gasteiger charge is -2.11. The number of aliphatic carboxylic acids is 1. The molecule has 0 fully saturated rings. The second kappa shape index (κ2) is 4.48. The van der Waals surface area contributed by atoms with Crippen LogP contribution in [0.4, 0.5) is 5.95 Å². The monoisotopic (exact) mass is 247 g/mol. The van der Waals surface area contributed by atoms with E-state index >= 15 is 0 Å². The minimum Gasteiger partial charge on any atom is -0.494 e. The Labute approximate surface area is 103 Å². The first-order valence-corrected chi connectivity index (χ1v) is 5.37. The van der Waals surface area contributed by atoms with Crippen LogP contribution in [0, 0.1) is 0 Å². The number of anilines is 1. The van der Waals surface area contributed by atoms with E-state index < -0.39 is 11.9 Å². The number of ether oxygens (including phenoxy) is 1. The van der Waals surface area contributed by atoms with E-state index in [1.807, 2.05) is 0 Å². The Hall–Kier alpha value is -2.37. The molecule has 3 N–H and O–H groups in total. The van der Waals surface area contributed by atoms with Crippen molar-refractivity contribution in [1.82, 2.24) is 9.97 Å². The maximum atomic E-state index is 11.1. The molecule has 1 aromatic carbocycles. The Kier molecular flexibility index (Phi) is 3.01. The molecule has 2 aromatic rings. The summed E-state index contributed by atoms with van der Waals surface area (Å²) in [6, 6.07) is 5.26. The number of nitrogen functional groups attached to an aromatic ring is 1. The van der Waals surface area contributed by atoms with Gasteiger partial charge >= 0.3 is 5.97 Å². The molecule has 0 saturated heterocycles. The summed E-state index contributed by atoms with van der Waals surface area (Å²) in [5.74, 6) is -1.14. The first-order chi connectivity index (χ1) is 8.54. The van der Waals surface area contributed by atoms with Crippen LogP contribution in [0.1, 0.15) is 18.5 Å². The lowest BCUT2D eigenvalue weighted by molar-refractivity contribution is -0.138. The third kappa shape index (κ3) is 1.92. The molecule has 0 aliphatic rings. The molecule has 0 amide bonds. The summed E-state index contributed by atoms with van der Waals surface area (Å²) in [5.41, 5.74) is 6.53. The molecule has 0 saturated carbocycles. The molecule has 1 atom stereocenters. The quantitative estimate of drug-likeness (QED) is 0.850. The van der Waals surface area contributed by atoms with E-state index in [4.69, 9.17) is 15.6 Å². The van der Waals surface area contributed by atoms with Gasteiger partial charge in [-0.3, -0.25) is 4.79 Å². The van der Waals surface area contributed by atoms with Crippen molar-refractivity contribution >= 4 is 22.8 Å². The molecule has 0 spiro atoms. The topological polar surface area (TPSA) is 98.3 Å². The van der Waals surface area contributed by atoms with Gasteiger partial charge in [-0.2, -0.15) is 0 Å². The highest BCUT2D eigenvalue weighted by Gasteiger charge is 2.20. The molecule has 18 heavy (non-hydrogen) atoms. The number of para-hydroxylation sites is 1. The van der Waals surface area contributed by atoms with Crippen molar-refractivity contribution in [1.29, 1.82) is 0 Å². The number of rotatable bonds is 3. The Morgan fingerprint density at radius 1 is 1.44 bits per heavy atom. The van der Waals surface area contributed by atoms with Crippen molar-refractivity contribution < 1.29 is 14.6 Å². The molecule has 6 nitrogen and oxygen atoms in total. The summed E-state index contributed by atoms with van der Waals surface area (Å²) in [4.78, 5) is 19.2. The van der Waals surface area contributed by atoms with Gasteiger partial charge in [-0.15, -0.1) is 0 Å². The molecule has 1 heterocycles. The van der Waals surface area contributed by atoms with Crippen molar-refractivity contribution in [3.8, 4) is 5.75 Å². The summed E-state index contributed by atoms with van der Waals surface area (Å²) in [6.07, 6.45) is 0. The Morgan fingerprint density at radius 3 is 2.78 bits per heavy atom. The van der Waals surface area contributed by atoms with Crippen molar-refractivity contribution in [3.05, 3.63) is 23.9 Å². The highest BCUT2D eigenvalue weighted by Crippen LogP contribution is 2.29. The molecule has 6 heteroatoms. The summed E-state index contributed by atoms with van der Waals surface area (Å²) in [6.45, 7) is 1.56. The number of carboxylic acid groups (broad SMARTS) is 1. The van der Waals surface area contributed by atoms with Crippen LogP contribution < -0.4 is 10.5 Å². The number of nitrogens with two attached hydrogens (primary N) is 1. The van der Waals surface area contributed by atoms with E-state index in [0.29, 0.717) is 22.3 Å². The van der Waals surface area contributed by atoms with Crippen molar-refractivity contribution in [2.75, 3.05) is 12.8 Å². The summed E-state index contributed by atoms with van der Waals surface area (Å²) < 4.78 is 5.18. The van der Waals surface area contributed by atoms with Crippen LogP contribution in [-0.2, 0) is 4.79 Å². The van der Waals surface area contributed by atoms with E-state index in [2.05, 4.69) is 9.97 Å². The van der Waals surface area contributed by atoms with Crippen LogP contribution in [0.3, 0.4) is 0 Å². The van der Waals surface area contributed by atoms with Gasteiger partial charge in [0.05, 0.1) is 18.7 Å². The molecule has 0 aliphatic carbocycles. The number of methoxy groups -OCH3 is 1. The number of nitrogens with zero attached hydrogens (tertiary/aromatic N) is 2. The predicted octanol–water partition coefficient (Wildman–Crippen LogP) is 1.41. The van der Waals surface area contributed by atoms with Gasteiger partial charge in [0.15, 0.2) is 0 Å². The van der Waals surface area contributed by atoms with Gasteiger partial charge in [-0.1, -0.05) is 12.1 Å². The third-order valence-electron chi connectivity index (χ3n) is 2.74. The van der Waals surface area contributed by atoms with Gasteiger partial charge in [-0.25, -0.2) is 9.97 Å². The van der Waals surface area contributed by atoms with E-state index in [0.717, 1.165) is 0 Å². The van der Waals surface area contributed by atoms with Crippen molar-refractivity contribution in [2.24, 2.45) is 0 Å². The van der Waals surface area contributed by atoms with Crippen LogP contribution >= 0.6 is 0 Å². The number of aromatic nitrogens is 2. The van der Waals surface area contributed by atoms with Gasteiger partial charge in [0.2, 0.25) is 5.95 Å². The average Bonchev–Trinajstić information content (AvgIpc) is 2.36. The Bertz CT molecular complexity index is 613. The summed E-state index contributed by atoms with van der Waals surface area (Å²) in [5, 5.41) is 9.72. The molecule has 0 radical (unpaired) electrons. The summed E-state index contributed by atoms with van der Waals surface area (Å²) >= 11 is 0. The average molecular weight is 247 g/mol. The number of benzene rings is 1. The molecular formula is C12H13N3O3. The zero-order chi connectivity index (χ0) is 13.3. The molecule has 2 rings (SSSR count). The van der Waals surface area contributed by atoms with E-state index in [1.165, 1.54) is 7.11 Å². The Morgan fingerprint density at radius 2 is 2.17 bits per heavy atom. The molecular weight excluding hydrogens is 234 g/mol. The first-order valence-electron chi connectivity index (χ1n) is 5.37. The van der Waals surface area contributed by atoms with Crippen LogP contribution in [0.25, 0.3) is 10.9 Å². The van der Waals surface area contributed by atoms with Gasteiger partial charge in [0.25, 0.3) is 0 Å². The van der Waals surface area contributed by atoms with E-state index in [1.54, 1.807) is 25.1 Å². The van der Waals surface area contributed by atoms with Crippen LogP contribution in [0.5, 0.6) is 5.75 Å². The smallest absolute Gasteiger partial charge is 0.312 e. The van der Waals surface area contributed by atoms with E-state index in [-0.39, 0.29) is 5.95 Å². The van der Waals surface area contributed by atoms with Crippen LogP contribution in [0.15, 0.2) is 18.2 Å². The minimum absolute atomic E-state index is 0.0371. The molecule has 0 aliphatic heterocycles. The van der Waals surface area contributed by atoms with Gasteiger partial charge in [0, 0.05) is 5.39 Å². The lowest BCUT2D eigenvalue weighted by atomic mass is 10.0. The zero-order valence-electron chi connectivity index (χ0n) is 10.0. The normalized spacial score (nSPS) is 12.3. The third-order valence-corrected chi connectivity index (χ3v) is 2.74. The molecule has 0 bridgehead atoms. The number of carboxylic acids is 1. The fourth-order valence-electron chi connectivity index (χ4n) is 1.78. The first kappa shape index (κ1) is 12.1. The van der Waals surface area contributed by atoms with Crippen molar-refractivity contribution in [2.45, 2.75) is 12.8 Å². The predicted molar refractivity (Wildman–Crippen MR) is 66.6 cm³/mol. The standard InChI is InChI=1S/C12H13N3O3/c1-6(11(16)17)9-7-4-3-5-8(18-2)10(7)15-12(13)14-9/h3-6H,1-2H3,(H,16,17)(H2,13,14,15). The Balaban J connectivity index is 2.78. The maximum Gasteiger partial charge on any atom is 0.312 e. The summed E-state index contributed by atoms with van der Waals surface area (Å²) in [7, 11) is 1.52. The van der Waals surface area contributed by atoms with Crippen LogP contribution in [0.2, 0.25) is 0 Å². The molecule has 94 valence electrons. The molecule has 1 aromatic heterocycles. The van der Waals surface area contributed by atoms with Gasteiger partial charge < -0.3 is 15.6 Å². The van der Waals surface area contributed by atoms with E-state index in [9.17, 15) is 4.79 Å². The number of fused-ring (bicyclic) bond motifs is 1. The fraction of sp³-hybridized carbons (Fsp3) is 0.250. The van der Waals surface area contributed by atoms with Crippen LogP contribution in [-0.4, -0.2) is 28.2 Å². The second-order valence-electron chi connectivity index (χ2n) is 3.88. The van der Waals surface area contributed by atoms with Gasteiger partial charge in [0.1, 0.15) is 11.3 Å². The minimum atomic E-state index is -0.961. The largest absolute Gasteiger partial charge is 0.494 e. The number of hydrogen-bond donors (Lipinski definition) is 2. The van der Waals surface area contributed by atoms with Crippen molar-refractivity contribution in [3.63, 3.8) is 0 Å². The second-order valence-corrected chi connectivity index (χ2v) is 3.88. The SMILES string of the molecule is COc1cccc2c(C(C)C(=O)O)nc(N)nc12. The number of hydrogen-bond acceptors (Lipinski definition) is 5. The molecule has 1 unspecified atom stereocenters. The highest BCUT2D eigenvalue weighted by molar-refractivity contribution is 5.91.